The number of halogens is 1. The third kappa shape index (κ3) is 3.05. The number of rotatable bonds is 3. The molecule has 90 valence electrons. The summed E-state index contributed by atoms with van der Waals surface area (Å²) in [5.41, 5.74) is 0.824. The zero-order valence-corrected chi connectivity index (χ0v) is 10.9. The van der Waals surface area contributed by atoms with Gasteiger partial charge in [0.05, 0.1) is 5.69 Å². The van der Waals surface area contributed by atoms with Crippen LogP contribution < -0.4 is 5.11 Å². The van der Waals surface area contributed by atoms with Crippen LogP contribution in [0.5, 0.6) is 5.75 Å². The molecule has 2 aromatic rings. The first-order chi connectivity index (χ1) is 8.66. The van der Waals surface area contributed by atoms with Crippen molar-refractivity contribution in [2.24, 2.45) is 0 Å². The normalized spacial score (nSPS) is 10.7. The molecule has 0 unspecified atom stereocenters. The summed E-state index contributed by atoms with van der Waals surface area (Å²) in [5.74, 6) is -0.586. The van der Waals surface area contributed by atoms with Crippen molar-refractivity contribution in [1.29, 1.82) is 0 Å². The molecule has 18 heavy (non-hydrogen) atoms. The Morgan fingerprint density at radius 1 is 1.17 bits per heavy atom. The van der Waals surface area contributed by atoms with Gasteiger partial charge in [0.1, 0.15) is 4.60 Å². The van der Waals surface area contributed by atoms with Crippen molar-refractivity contribution in [2.75, 3.05) is 0 Å². The van der Waals surface area contributed by atoms with Crippen LogP contribution in [0, 0.1) is 0 Å². The number of hydrogen-bond donors (Lipinski definition) is 0. The van der Waals surface area contributed by atoms with Crippen LogP contribution in [0.25, 0.3) is 6.08 Å². The molecule has 0 aliphatic heterocycles. The number of carbonyl (C=O) groups excluding carboxylic acids is 1. The first-order valence-corrected chi connectivity index (χ1v) is 6.07. The van der Waals surface area contributed by atoms with Crippen molar-refractivity contribution in [3.05, 3.63) is 64.4 Å². The number of aromatic nitrogens is 1. The molecule has 0 aliphatic carbocycles. The second-order valence-electron chi connectivity index (χ2n) is 3.58. The number of pyridine rings is 1. The van der Waals surface area contributed by atoms with Gasteiger partial charge in [0.15, 0.2) is 5.78 Å². The largest absolute Gasteiger partial charge is 0.872 e. The third-order valence-electron chi connectivity index (χ3n) is 2.29. The maximum absolute atomic E-state index is 11.8. The molecule has 4 heteroatoms. The Kier molecular flexibility index (Phi) is 3.89. The Hall–Kier alpha value is -1.94. The van der Waals surface area contributed by atoms with E-state index in [4.69, 9.17) is 0 Å². The summed E-state index contributed by atoms with van der Waals surface area (Å²) < 4.78 is 0.696. The molecule has 0 bridgehead atoms. The van der Waals surface area contributed by atoms with Crippen molar-refractivity contribution in [1.82, 2.24) is 4.98 Å². The predicted octanol–water partition coefficient (Wildman–Crippen LogP) is 2.81. The van der Waals surface area contributed by atoms with Gasteiger partial charge in [0.2, 0.25) is 0 Å². The average Bonchev–Trinajstić information content (AvgIpc) is 2.37. The van der Waals surface area contributed by atoms with Gasteiger partial charge in [0, 0.05) is 5.56 Å². The lowest BCUT2D eigenvalue weighted by molar-refractivity contribution is -0.268. The lowest BCUT2D eigenvalue weighted by atomic mass is 10.1. The molecule has 3 nitrogen and oxygen atoms in total. The number of hydrogen-bond acceptors (Lipinski definition) is 3. The fourth-order valence-corrected chi connectivity index (χ4v) is 1.80. The van der Waals surface area contributed by atoms with Gasteiger partial charge in [-0.25, -0.2) is 4.98 Å². The highest BCUT2D eigenvalue weighted by Crippen LogP contribution is 2.14. The predicted molar refractivity (Wildman–Crippen MR) is 71.2 cm³/mol. The van der Waals surface area contributed by atoms with Crippen LogP contribution in [0.15, 0.2) is 53.1 Å². The highest BCUT2D eigenvalue weighted by Gasteiger charge is 2.01. The third-order valence-corrected chi connectivity index (χ3v) is 2.74. The van der Waals surface area contributed by atoms with E-state index in [1.54, 1.807) is 30.3 Å². The molecule has 0 saturated carbocycles. The summed E-state index contributed by atoms with van der Waals surface area (Å²) in [4.78, 5) is 16.0. The number of allylic oxidation sites excluding steroid dienone is 1. The molecule has 0 fully saturated rings. The van der Waals surface area contributed by atoms with Crippen LogP contribution in [-0.2, 0) is 0 Å². The van der Waals surface area contributed by atoms with E-state index >= 15 is 0 Å². The summed E-state index contributed by atoms with van der Waals surface area (Å²) in [6.45, 7) is 0. The van der Waals surface area contributed by atoms with Crippen LogP contribution >= 0.6 is 15.9 Å². The molecule has 1 aromatic carbocycles. The zero-order chi connectivity index (χ0) is 13.0. The van der Waals surface area contributed by atoms with Gasteiger partial charge in [-0.15, -0.1) is 0 Å². The van der Waals surface area contributed by atoms with E-state index in [0.717, 1.165) is 0 Å². The van der Waals surface area contributed by atoms with Gasteiger partial charge < -0.3 is 5.11 Å². The van der Waals surface area contributed by atoms with Gasteiger partial charge in [-0.3, -0.25) is 4.79 Å². The molecule has 0 amide bonds. The number of nitrogens with zero attached hydrogens (tertiary/aromatic N) is 1. The molecule has 0 aliphatic rings. The molecular weight excluding hydrogens is 294 g/mol. The number of ketones is 1. The Bertz CT molecular complexity index is 608. The van der Waals surface area contributed by atoms with E-state index in [1.807, 2.05) is 6.07 Å². The monoisotopic (exact) mass is 302 g/mol. The minimum atomic E-state index is -0.317. The maximum atomic E-state index is 11.8. The highest BCUT2D eigenvalue weighted by atomic mass is 79.9. The Balaban J connectivity index is 2.20. The molecule has 1 heterocycles. The molecule has 0 N–H and O–H groups in total. The van der Waals surface area contributed by atoms with E-state index in [0.29, 0.717) is 10.3 Å². The molecule has 0 atom stereocenters. The SMILES string of the molecule is O=C(/C=C/c1cccc(Br)n1)c1ccccc1[O-]. The summed E-state index contributed by atoms with van der Waals surface area (Å²) in [6.07, 6.45) is 2.94. The molecule has 0 spiro atoms. The lowest BCUT2D eigenvalue weighted by Gasteiger charge is -2.09. The quantitative estimate of drug-likeness (QED) is 0.498. The minimum Gasteiger partial charge on any atom is -0.872 e. The summed E-state index contributed by atoms with van der Waals surface area (Å²) in [5, 5.41) is 11.4. The van der Waals surface area contributed by atoms with Gasteiger partial charge >= 0.3 is 0 Å². The van der Waals surface area contributed by atoms with E-state index in [1.165, 1.54) is 18.2 Å². The Morgan fingerprint density at radius 2 is 1.94 bits per heavy atom. The second-order valence-corrected chi connectivity index (χ2v) is 4.39. The van der Waals surface area contributed by atoms with Crippen molar-refractivity contribution < 1.29 is 9.90 Å². The summed E-state index contributed by atoms with van der Waals surface area (Å²) in [7, 11) is 0. The fourth-order valence-electron chi connectivity index (χ4n) is 1.44. The van der Waals surface area contributed by atoms with Gasteiger partial charge in [-0.05, 0) is 40.2 Å². The zero-order valence-electron chi connectivity index (χ0n) is 9.34. The van der Waals surface area contributed by atoms with Crippen LogP contribution in [0.4, 0.5) is 0 Å². The molecule has 0 radical (unpaired) electrons. The van der Waals surface area contributed by atoms with Gasteiger partial charge in [0.25, 0.3) is 0 Å². The molecule has 0 saturated heterocycles. The highest BCUT2D eigenvalue weighted by molar-refractivity contribution is 9.10. The lowest BCUT2D eigenvalue weighted by Crippen LogP contribution is -2.01. The van der Waals surface area contributed by atoms with E-state index in [9.17, 15) is 9.90 Å². The molecule has 1 aromatic heterocycles. The first-order valence-electron chi connectivity index (χ1n) is 5.28. The summed E-state index contributed by atoms with van der Waals surface area (Å²) in [6, 6.07) is 11.6. The second kappa shape index (κ2) is 5.60. The van der Waals surface area contributed by atoms with E-state index in [2.05, 4.69) is 20.9 Å². The van der Waals surface area contributed by atoms with Gasteiger partial charge in [-0.2, -0.15) is 0 Å². The first kappa shape index (κ1) is 12.5. The van der Waals surface area contributed by atoms with Crippen LogP contribution in [-0.4, -0.2) is 10.8 Å². The number of para-hydroxylation sites is 1. The smallest absolute Gasteiger partial charge is 0.185 e. The van der Waals surface area contributed by atoms with Crippen molar-refractivity contribution in [2.45, 2.75) is 0 Å². The standard InChI is InChI=1S/C14H10BrNO2/c15-14-7-3-4-10(16-14)8-9-13(18)11-5-1-2-6-12(11)17/h1-9,17H/p-1/b9-8+. The molecular formula is C14H9BrNO2-. The average molecular weight is 303 g/mol. The maximum Gasteiger partial charge on any atom is 0.185 e. The minimum absolute atomic E-state index is 0.170. The van der Waals surface area contributed by atoms with Crippen molar-refractivity contribution in [3.63, 3.8) is 0 Å². The van der Waals surface area contributed by atoms with Crippen molar-refractivity contribution >= 4 is 27.8 Å². The fraction of sp³-hybridized carbons (Fsp3) is 0. The Labute approximate surface area is 113 Å². The van der Waals surface area contributed by atoms with Gasteiger partial charge in [-0.1, -0.05) is 36.1 Å². The van der Waals surface area contributed by atoms with E-state index < -0.39 is 0 Å². The number of benzene rings is 1. The Morgan fingerprint density at radius 3 is 2.67 bits per heavy atom. The van der Waals surface area contributed by atoms with Crippen molar-refractivity contribution in [3.8, 4) is 5.75 Å². The van der Waals surface area contributed by atoms with Crippen LogP contribution in [0.3, 0.4) is 0 Å². The molecule has 2 rings (SSSR count). The van der Waals surface area contributed by atoms with E-state index in [-0.39, 0.29) is 17.1 Å². The number of carbonyl (C=O) groups is 1. The topological polar surface area (TPSA) is 53.0 Å². The summed E-state index contributed by atoms with van der Waals surface area (Å²) >= 11 is 3.25. The van der Waals surface area contributed by atoms with Crippen LogP contribution in [0.2, 0.25) is 0 Å². The van der Waals surface area contributed by atoms with Crippen LogP contribution in [0.1, 0.15) is 16.1 Å².